The molecule has 0 bridgehead atoms. The molecule has 0 spiro atoms. The highest BCUT2D eigenvalue weighted by atomic mass is 15.1. The van der Waals surface area contributed by atoms with Crippen LogP contribution < -0.4 is 5.73 Å². The molecular weight excluding hydrogens is 208 g/mol. The first kappa shape index (κ1) is 12.6. The van der Waals surface area contributed by atoms with Crippen LogP contribution in [0.25, 0.3) is 0 Å². The second-order valence-electron chi connectivity index (χ2n) is 5.50. The van der Waals surface area contributed by atoms with Gasteiger partial charge in [0.05, 0.1) is 0 Å². The van der Waals surface area contributed by atoms with Crippen molar-refractivity contribution in [3.8, 4) is 0 Å². The van der Waals surface area contributed by atoms with Gasteiger partial charge in [0, 0.05) is 12.1 Å². The molecule has 0 amide bonds. The van der Waals surface area contributed by atoms with Gasteiger partial charge in [0.15, 0.2) is 0 Å². The predicted octanol–water partition coefficient (Wildman–Crippen LogP) is 2.52. The van der Waals surface area contributed by atoms with Crippen molar-refractivity contribution >= 4 is 0 Å². The maximum absolute atomic E-state index is 6.10. The summed E-state index contributed by atoms with van der Waals surface area (Å²) in [6.45, 7) is 2.09. The van der Waals surface area contributed by atoms with Gasteiger partial charge in [0.1, 0.15) is 0 Å². The van der Waals surface area contributed by atoms with Gasteiger partial charge in [-0.25, -0.2) is 0 Å². The summed E-state index contributed by atoms with van der Waals surface area (Å²) in [4.78, 5) is 2.22. The first-order valence-electron chi connectivity index (χ1n) is 6.63. The fourth-order valence-corrected chi connectivity index (χ4v) is 3.01. The molecule has 0 saturated heterocycles. The third kappa shape index (κ3) is 2.70. The van der Waals surface area contributed by atoms with Gasteiger partial charge in [0.2, 0.25) is 0 Å². The van der Waals surface area contributed by atoms with Crippen LogP contribution in [-0.2, 0) is 12.8 Å². The van der Waals surface area contributed by atoms with Gasteiger partial charge >= 0.3 is 0 Å². The highest BCUT2D eigenvalue weighted by Crippen LogP contribution is 2.27. The summed E-state index contributed by atoms with van der Waals surface area (Å²) in [5.74, 6) is 0. The van der Waals surface area contributed by atoms with E-state index in [0.29, 0.717) is 6.04 Å². The van der Waals surface area contributed by atoms with Gasteiger partial charge < -0.3 is 10.6 Å². The van der Waals surface area contributed by atoms with Crippen LogP contribution >= 0.6 is 0 Å². The van der Waals surface area contributed by atoms with Crippen molar-refractivity contribution in [3.63, 3.8) is 0 Å². The van der Waals surface area contributed by atoms with Gasteiger partial charge in [-0.1, -0.05) is 18.2 Å². The summed E-state index contributed by atoms with van der Waals surface area (Å²) in [5.41, 5.74) is 10.6. The van der Waals surface area contributed by atoms with Crippen molar-refractivity contribution < 1.29 is 0 Å². The maximum Gasteiger partial charge on any atom is 0.0491 e. The Hall–Kier alpha value is -0.860. The molecule has 1 aromatic rings. The van der Waals surface area contributed by atoms with Crippen molar-refractivity contribution in [2.24, 2.45) is 5.73 Å². The molecule has 0 fully saturated rings. The van der Waals surface area contributed by atoms with Gasteiger partial charge in [-0.3, -0.25) is 0 Å². The second kappa shape index (κ2) is 5.19. The third-order valence-electron chi connectivity index (χ3n) is 3.77. The van der Waals surface area contributed by atoms with E-state index in [-0.39, 0.29) is 6.04 Å². The maximum atomic E-state index is 6.10. The largest absolute Gasteiger partial charge is 0.326 e. The third-order valence-corrected chi connectivity index (χ3v) is 3.77. The fourth-order valence-electron chi connectivity index (χ4n) is 3.01. The second-order valence-corrected chi connectivity index (χ2v) is 5.50. The number of hydrogen-bond acceptors (Lipinski definition) is 2. The van der Waals surface area contributed by atoms with Crippen molar-refractivity contribution in [3.05, 3.63) is 34.9 Å². The van der Waals surface area contributed by atoms with E-state index < -0.39 is 0 Å². The molecule has 1 aromatic carbocycles. The first-order valence-corrected chi connectivity index (χ1v) is 6.63. The number of rotatable bonds is 3. The molecule has 2 nitrogen and oxygen atoms in total. The van der Waals surface area contributed by atoms with Crippen molar-refractivity contribution in [1.29, 1.82) is 0 Å². The Bertz CT molecular complexity index is 375. The lowest BCUT2D eigenvalue weighted by Crippen LogP contribution is -2.35. The van der Waals surface area contributed by atoms with Crippen LogP contribution in [0.15, 0.2) is 18.2 Å². The molecule has 1 aliphatic carbocycles. The number of fused-ring (bicyclic) bond motifs is 1. The molecule has 1 aliphatic rings. The highest BCUT2D eigenvalue weighted by Gasteiger charge is 2.20. The zero-order chi connectivity index (χ0) is 12.4. The smallest absolute Gasteiger partial charge is 0.0491 e. The SMILES string of the molecule is CC(N)C(c1ccc2c(c1)CCCC2)N(C)C. The van der Waals surface area contributed by atoms with Crippen LogP contribution in [0.4, 0.5) is 0 Å². The number of nitrogens with zero attached hydrogens (tertiary/aromatic N) is 1. The molecule has 2 atom stereocenters. The lowest BCUT2D eigenvalue weighted by molar-refractivity contribution is 0.266. The van der Waals surface area contributed by atoms with Gasteiger partial charge in [0.25, 0.3) is 0 Å². The molecule has 2 heteroatoms. The molecule has 0 aliphatic heterocycles. The minimum atomic E-state index is 0.159. The zero-order valence-corrected chi connectivity index (χ0v) is 11.2. The van der Waals surface area contributed by atoms with Crippen molar-refractivity contribution in [2.45, 2.75) is 44.7 Å². The Morgan fingerprint density at radius 1 is 1.12 bits per heavy atom. The topological polar surface area (TPSA) is 29.3 Å². The summed E-state index contributed by atoms with van der Waals surface area (Å²) in [6, 6.07) is 7.43. The Morgan fingerprint density at radius 2 is 1.76 bits per heavy atom. The van der Waals surface area contributed by atoms with Crippen LogP contribution in [-0.4, -0.2) is 25.0 Å². The van der Waals surface area contributed by atoms with E-state index in [2.05, 4.69) is 44.1 Å². The number of hydrogen-bond donors (Lipinski definition) is 1. The molecule has 17 heavy (non-hydrogen) atoms. The number of aryl methyl sites for hydroxylation is 2. The number of likely N-dealkylation sites (N-methyl/N-ethyl adjacent to an activating group) is 1. The summed E-state index contributed by atoms with van der Waals surface area (Å²) >= 11 is 0. The monoisotopic (exact) mass is 232 g/mol. The van der Waals surface area contributed by atoms with Gasteiger partial charge in [-0.15, -0.1) is 0 Å². The van der Waals surface area contributed by atoms with Crippen LogP contribution in [0.5, 0.6) is 0 Å². The van der Waals surface area contributed by atoms with E-state index in [1.165, 1.54) is 31.2 Å². The molecule has 0 saturated carbocycles. The van der Waals surface area contributed by atoms with E-state index in [9.17, 15) is 0 Å². The van der Waals surface area contributed by atoms with Crippen molar-refractivity contribution in [2.75, 3.05) is 14.1 Å². The van der Waals surface area contributed by atoms with Crippen LogP contribution in [0.1, 0.15) is 42.5 Å². The minimum absolute atomic E-state index is 0.159. The van der Waals surface area contributed by atoms with Crippen molar-refractivity contribution in [1.82, 2.24) is 4.90 Å². The van der Waals surface area contributed by atoms with Crippen LogP contribution in [0.3, 0.4) is 0 Å². The van der Waals surface area contributed by atoms with E-state index in [1.807, 2.05) is 0 Å². The lowest BCUT2D eigenvalue weighted by atomic mass is 9.88. The van der Waals surface area contributed by atoms with E-state index in [4.69, 9.17) is 5.73 Å². The summed E-state index contributed by atoms with van der Waals surface area (Å²) < 4.78 is 0. The molecule has 94 valence electrons. The van der Waals surface area contributed by atoms with Crippen LogP contribution in [0.2, 0.25) is 0 Å². The fraction of sp³-hybridized carbons (Fsp3) is 0.600. The Labute approximate surface area is 105 Å². The highest BCUT2D eigenvalue weighted by molar-refractivity contribution is 5.35. The van der Waals surface area contributed by atoms with E-state index >= 15 is 0 Å². The summed E-state index contributed by atoms with van der Waals surface area (Å²) in [6.07, 6.45) is 5.17. The standard InChI is InChI=1S/C15H24N2/c1-11(16)15(17(2)3)14-9-8-12-6-4-5-7-13(12)10-14/h8-11,15H,4-7,16H2,1-3H3. The molecular formula is C15H24N2. The van der Waals surface area contributed by atoms with Gasteiger partial charge in [-0.05, 0) is 63.4 Å². The Morgan fingerprint density at radius 3 is 2.35 bits per heavy atom. The average molecular weight is 232 g/mol. The predicted molar refractivity (Wildman–Crippen MR) is 73.2 cm³/mol. The Balaban J connectivity index is 2.31. The molecule has 0 radical (unpaired) electrons. The minimum Gasteiger partial charge on any atom is -0.326 e. The molecule has 2 unspecified atom stereocenters. The lowest BCUT2D eigenvalue weighted by Gasteiger charge is -2.29. The zero-order valence-electron chi connectivity index (χ0n) is 11.2. The van der Waals surface area contributed by atoms with Gasteiger partial charge in [-0.2, -0.15) is 0 Å². The summed E-state index contributed by atoms with van der Waals surface area (Å²) in [5, 5.41) is 0. The normalized spacial score (nSPS) is 18.9. The van der Waals surface area contributed by atoms with E-state index in [1.54, 1.807) is 11.1 Å². The number of nitrogens with two attached hydrogens (primary N) is 1. The van der Waals surface area contributed by atoms with Crippen LogP contribution in [0, 0.1) is 0 Å². The average Bonchev–Trinajstić information content (AvgIpc) is 2.28. The van der Waals surface area contributed by atoms with E-state index in [0.717, 1.165) is 0 Å². The quantitative estimate of drug-likeness (QED) is 0.867. The molecule has 0 aromatic heterocycles. The summed E-state index contributed by atoms with van der Waals surface area (Å²) in [7, 11) is 4.21. The number of benzene rings is 1. The molecule has 2 N–H and O–H groups in total. The Kier molecular flexibility index (Phi) is 3.85. The molecule has 2 rings (SSSR count). The first-order chi connectivity index (χ1) is 8.09. The molecule has 0 heterocycles.